The lowest BCUT2D eigenvalue weighted by Gasteiger charge is -2.19. The van der Waals surface area contributed by atoms with Gasteiger partial charge in [-0.25, -0.2) is 14.2 Å². The molecule has 0 aliphatic heterocycles. The van der Waals surface area contributed by atoms with Gasteiger partial charge in [0.15, 0.2) is 11.1 Å². The highest BCUT2D eigenvalue weighted by Gasteiger charge is 2.18. The Labute approximate surface area is 161 Å². The Morgan fingerprint density at radius 3 is 2.67 bits per heavy atom. The van der Waals surface area contributed by atoms with Gasteiger partial charge in [0.05, 0.1) is 12.3 Å². The van der Waals surface area contributed by atoms with Gasteiger partial charge >= 0.3 is 0 Å². The molecule has 1 aromatic heterocycles. The van der Waals surface area contributed by atoms with Crippen molar-refractivity contribution in [2.75, 3.05) is 18.2 Å². The largest absolute Gasteiger partial charge is 0.324 e. The molecule has 5 nitrogen and oxygen atoms in total. The summed E-state index contributed by atoms with van der Waals surface area (Å²) >= 11 is -1.22. The smallest absolute Gasteiger partial charge is 0.227 e. The van der Waals surface area contributed by atoms with Crippen molar-refractivity contribution in [2.45, 2.75) is 19.3 Å². The van der Waals surface area contributed by atoms with Gasteiger partial charge in [-0.15, -0.1) is 0 Å². The van der Waals surface area contributed by atoms with Crippen molar-refractivity contribution in [1.82, 2.24) is 9.97 Å². The molecule has 1 unspecified atom stereocenters. The quantitative estimate of drug-likeness (QED) is 0.705. The number of aromatic nitrogens is 2. The van der Waals surface area contributed by atoms with Gasteiger partial charge in [-0.1, -0.05) is 36.4 Å². The molecule has 1 N–H and O–H groups in total. The zero-order valence-electron chi connectivity index (χ0n) is 15.1. The van der Waals surface area contributed by atoms with E-state index in [-0.39, 0.29) is 0 Å². The summed E-state index contributed by atoms with van der Waals surface area (Å²) in [4.78, 5) is 9.24. The zero-order chi connectivity index (χ0) is 18.6. The average molecular weight is 379 g/mol. The van der Waals surface area contributed by atoms with Gasteiger partial charge in [-0.05, 0) is 48.1 Å². The van der Waals surface area contributed by atoms with Crippen LogP contribution in [0.5, 0.6) is 0 Å². The molecule has 6 heteroatoms. The van der Waals surface area contributed by atoms with E-state index in [1.54, 1.807) is 0 Å². The van der Waals surface area contributed by atoms with Crippen molar-refractivity contribution in [2.24, 2.45) is 0 Å². The van der Waals surface area contributed by atoms with E-state index in [1.807, 2.05) is 30.5 Å². The van der Waals surface area contributed by atoms with Crippen molar-refractivity contribution in [3.63, 3.8) is 0 Å². The first-order valence-electron chi connectivity index (χ1n) is 8.96. The molecule has 2 aromatic carbocycles. The molecule has 4 rings (SSSR count). The molecule has 0 saturated carbocycles. The highest BCUT2D eigenvalue weighted by atomic mass is 32.2. The molecule has 0 radical (unpaired) electrons. The van der Waals surface area contributed by atoms with Gasteiger partial charge in [-0.2, -0.15) is 0 Å². The summed E-state index contributed by atoms with van der Waals surface area (Å²) in [6.45, 7) is 0.448. The first-order chi connectivity index (χ1) is 13.2. The van der Waals surface area contributed by atoms with Crippen molar-refractivity contribution < 1.29 is 8.39 Å². The van der Waals surface area contributed by atoms with Crippen LogP contribution in [0.3, 0.4) is 0 Å². The van der Waals surface area contributed by atoms with Crippen LogP contribution in [0.1, 0.15) is 16.7 Å². The second kappa shape index (κ2) is 7.98. The summed E-state index contributed by atoms with van der Waals surface area (Å²) in [5, 5.41) is 3.28. The van der Waals surface area contributed by atoms with E-state index < -0.39 is 11.1 Å². The number of fused-ring (bicyclic) bond motifs is 3. The molecule has 0 bridgehead atoms. The maximum atomic E-state index is 10.9. The van der Waals surface area contributed by atoms with Gasteiger partial charge in [0.25, 0.3) is 0 Å². The summed E-state index contributed by atoms with van der Waals surface area (Å²) in [7, 11) is 0. The predicted molar refractivity (Wildman–Crippen MR) is 108 cm³/mol. The van der Waals surface area contributed by atoms with E-state index >= 15 is 0 Å². The number of rotatable bonds is 6. The van der Waals surface area contributed by atoms with Crippen LogP contribution < -0.4 is 5.32 Å². The van der Waals surface area contributed by atoms with Crippen LogP contribution in [0.15, 0.2) is 54.7 Å². The molecule has 27 heavy (non-hydrogen) atoms. The molecular formula is C21H21N3O2S. The molecular weight excluding hydrogens is 358 g/mol. The Morgan fingerprint density at radius 2 is 1.85 bits per heavy atom. The number of anilines is 2. The third-order valence-corrected chi connectivity index (χ3v) is 5.15. The lowest BCUT2D eigenvalue weighted by Crippen LogP contribution is -2.08. The molecule has 1 aliphatic carbocycles. The predicted octanol–water partition coefficient (Wildman–Crippen LogP) is 3.84. The number of benzene rings is 2. The Kier molecular flexibility index (Phi) is 5.27. The van der Waals surface area contributed by atoms with Crippen LogP contribution in [0.25, 0.3) is 11.3 Å². The van der Waals surface area contributed by atoms with Crippen molar-refractivity contribution in [3.05, 3.63) is 71.4 Å². The number of aryl methyl sites for hydroxylation is 2. The normalized spacial score (nSPS) is 13.5. The third-order valence-electron chi connectivity index (χ3n) is 4.65. The minimum atomic E-state index is -1.22. The van der Waals surface area contributed by atoms with Crippen LogP contribution in [-0.2, 0) is 34.5 Å². The van der Waals surface area contributed by atoms with Gasteiger partial charge < -0.3 is 5.32 Å². The first-order valence-corrected chi connectivity index (χ1v) is 10.4. The summed E-state index contributed by atoms with van der Waals surface area (Å²) in [6, 6.07) is 16.5. The Balaban J connectivity index is 1.49. The van der Waals surface area contributed by atoms with Crippen LogP contribution in [0.4, 0.5) is 11.6 Å². The van der Waals surface area contributed by atoms with E-state index in [2.05, 4.69) is 34.6 Å². The maximum Gasteiger partial charge on any atom is 0.227 e. The standard InChI is InChI=1S/C21H21N3O2S/c1-27(25)26-13-12-15-6-10-18(11-7-15)23-21-22-14-17-9-8-16-4-2-3-5-19(16)20(17)24-21/h2-7,10-11,14H,8-9,12-13H2,1H3,(H,22,23,24). The van der Waals surface area contributed by atoms with Gasteiger partial charge in [0, 0.05) is 23.7 Å². The number of nitrogens with zero attached hydrogens (tertiary/aromatic N) is 2. The number of hydrogen-bond acceptors (Lipinski definition) is 5. The minimum absolute atomic E-state index is 0.448. The molecule has 0 spiro atoms. The second-order valence-electron chi connectivity index (χ2n) is 6.52. The highest BCUT2D eigenvalue weighted by molar-refractivity contribution is 7.79. The van der Waals surface area contributed by atoms with Crippen LogP contribution in [-0.4, -0.2) is 27.0 Å². The van der Waals surface area contributed by atoms with E-state index in [0.717, 1.165) is 36.2 Å². The Hall–Kier alpha value is -2.57. The maximum absolute atomic E-state index is 10.9. The highest BCUT2D eigenvalue weighted by Crippen LogP contribution is 2.32. The van der Waals surface area contributed by atoms with Gasteiger partial charge in [-0.3, -0.25) is 4.18 Å². The van der Waals surface area contributed by atoms with Crippen LogP contribution in [0.2, 0.25) is 0 Å². The summed E-state index contributed by atoms with van der Waals surface area (Å²) < 4.78 is 16.0. The fourth-order valence-corrected chi connectivity index (χ4v) is 3.60. The molecule has 0 amide bonds. The molecule has 1 heterocycles. The summed E-state index contributed by atoms with van der Waals surface area (Å²) in [5.41, 5.74) is 6.83. The van der Waals surface area contributed by atoms with Crippen molar-refractivity contribution in [3.8, 4) is 11.3 Å². The lowest BCUT2D eigenvalue weighted by molar-refractivity contribution is 0.355. The molecule has 0 fully saturated rings. The molecule has 138 valence electrons. The van der Waals surface area contributed by atoms with Crippen LogP contribution in [0, 0.1) is 0 Å². The minimum Gasteiger partial charge on any atom is -0.324 e. The fraction of sp³-hybridized carbons (Fsp3) is 0.238. The van der Waals surface area contributed by atoms with Gasteiger partial charge in [0.1, 0.15) is 0 Å². The second-order valence-corrected chi connectivity index (χ2v) is 7.56. The Bertz CT molecular complexity index is 973. The monoisotopic (exact) mass is 379 g/mol. The van der Waals surface area contributed by atoms with E-state index in [0.29, 0.717) is 12.6 Å². The van der Waals surface area contributed by atoms with E-state index in [9.17, 15) is 4.21 Å². The van der Waals surface area contributed by atoms with E-state index in [4.69, 9.17) is 9.17 Å². The lowest BCUT2D eigenvalue weighted by atomic mass is 9.90. The SMILES string of the molecule is CS(=O)OCCc1ccc(Nc2ncc3c(n2)-c2ccccc2CC3)cc1. The topological polar surface area (TPSA) is 64.1 Å². The molecule has 1 atom stereocenters. The van der Waals surface area contributed by atoms with E-state index in [1.165, 1.54) is 22.9 Å². The zero-order valence-corrected chi connectivity index (χ0v) is 16.0. The van der Waals surface area contributed by atoms with Crippen molar-refractivity contribution in [1.29, 1.82) is 0 Å². The third kappa shape index (κ3) is 4.23. The molecule has 1 aliphatic rings. The number of hydrogen-bond donors (Lipinski definition) is 1. The summed E-state index contributed by atoms with van der Waals surface area (Å²) in [6.07, 6.45) is 6.20. The molecule has 3 aromatic rings. The van der Waals surface area contributed by atoms with Crippen LogP contribution >= 0.6 is 0 Å². The first kappa shape index (κ1) is 17.8. The average Bonchev–Trinajstić information content (AvgIpc) is 2.69. The molecule has 0 saturated heterocycles. The summed E-state index contributed by atoms with van der Waals surface area (Å²) in [5.74, 6) is 0.600. The fourth-order valence-electron chi connectivity index (χ4n) is 3.28. The number of nitrogens with one attached hydrogen (secondary N) is 1. The van der Waals surface area contributed by atoms with Crippen molar-refractivity contribution >= 4 is 22.7 Å². The Morgan fingerprint density at radius 1 is 1.07 bits per heavy atom. The van der Waals surface area contributed by atoms with Gasteiger partial charge in [0.2, 0.25) is 5.95 Å².